The molecule has 1 saturated carbocycles. The highest BCUT2D eigenvalue weighted by Gasteiger charge is 2.31. The predicted molar refractivity (Wildman–Crippen MR) is 106 cm³/mol. The van der Waals surface area contributed by atoms with Crippen LogP contribution in [0.25, 0.3) is 0 Å². The van der Waals surface area contributed by atoms with E-state index >= 15 is 0 Å². The van der Waals surface area contributed by atoms with E-state index in [1.54, 1.807) is 14.2 Å². The Hall–Kier alpha value is -0.940. The summed E-state index contributed by atoms with van der Waals surface area (Å²) in [6.45, 7) is 1.75. The number of guanidine groups is 1. The first-order valence-corrected chi connectivity index (χ1v) is 8.73. The number of halogens is 1. The zero-order valence-corrected chi connectivity index (χ0v) is 17.3. The predicted octanol–water partition coefficient (Wildman–Crippen LogP) is 0.827. The summed E-state index contributed by atoms with van der Waals surface area (Å²) in [4.78, 5) is 8.77. The Morgan fingerprint density at radius 1 is 1.44 bits per heavy atom. The van der Waals surface area contributed by atoms with Crippen molar-refractivity contribution in [3.05, 3.63) is 11.6 Å². The first-order chi connectivity index (χ1) is 11.6. The minimum Gasteiger partial charge on any atom is -0.388 e. The fourth-order valence-electron chi connectivity index (χ4n) is 3.51. The molecule has 0 radical (unpaired) electrons. The van der Waals surface area contributed by atoms with Crippen LogP contribution in [0.2, 0.25) is 0 Å². The van der Waals surface area contributed by atoms with Gasteiger partial charge in [-0.15, -0.1) is 24.0 Å². The Morgan fingerprint density at radius 2 is 2.20 bits per heavy atom. The van der Waals surface area contributed by atoms with E-state index in [0.29, 0.717) is 13.2 Å². The van der Waals surface area contributed by atoms with E-state index in [1.807, 2.05) is 4.68 Å². The third-order valence-corrected chi connectivity index (χ3v) is 4.86. The van der Waals surface area contributed by atoms with Crippen LogP contribution in [0.4, 0.5) is 0 Å². The van der Waals surface area contributed by atoms with Crippen LogP contribution in [-0.2, 0) is 24.3 Å². The fraction of sp³-hybridized carbons (Fsp3) is 0.812. The number of nitrogens with one attached hydrogen (secondary N) is 2. The normalized spacial score (nSPS) is 22.2. The molecule has 8 nitrogen and oxygen atoms in total. The summed E-state index contributed by atoms with van der Waals surface area (Å²) in [5, 5.41) is 21.6. The number of aryl methyl sites for hydroxylation is 1. The Balaban J connectivity index is 0.00000225. The molecule has 142 valence electrons. The highest BCUT2D eigenvalue weighted by molar-refractivity contribution is 14.0. The van der Waals surface area contributed by atoms with E-state index in [2.05, 4.69) is 25.7 Å². The van der Waals surface area contributed by atoms with Gasteiger partial charge in [0, 0.05) is 33.2 Å². The molecule has 9 heteroatoms. The maximum atomic E-state index is 10.4. The molecule has 25 heavy (non-hydrogen) atoms. The van der Waals surface area contributed by atoms with Crippen molar-refractivity contribution in [2.24, 2.45) is 4.99 Å². The van der Waals surface area contributed by atoms with Gasteiger partial charge in [0.15, 0.2) is 11.8 Å². The van der Waals surface area contributed by atoms with Crippen molar-refractivity contribution >= 4 is 29.9 Å². The number of hydrogen-bond acceptors (Lipinski definition) is 5. The SMILES string of the molecule is CN=C(NCC1(O)CCCC1)NC1CCc2nc(COC)nn2C1.I. The van der Waals surface area contributed by atoms with Gasteiger partial charge in [-0.05, 0) is 19.3 Å². The molecule has 3 N–H and O–H groups in total. The molecular weight excluding hydrogens is 435 g/mol. The molecule has 0 bridgehead atoms. The van der Waals surface area contributed by atoms with Crippen LogP contribution in [0, 0.1) is 0 Å². The third kappa shape index (κ3) is 5.27. The molecule has 1 aromatic rings. The average Bonchev–Trinajstić information content (AvgIpc) is 3.17. The van der Waals surface area contributed by atoms with Gasteiger partial charge in [-0.2, -0.15) is 5.10 Å². The number of fused-ring (bicyclic) bond motifs is 1. The largest absolute Gasteiger partial charge is 0.388 e. The monoisotopic (exact) mass is 464 g/mol. The van der Waals surface area contributed by atoms with Crippen molar-refractivity contribution < 1.29 is 9.84 Å². The molecule has 1 unspecified atom stereocenters. The highest BCUT2D eigenvalue weighted by atomic mass is 127. The van der Waals surface area contributed by atoms with E-state index in [1.165, 1.54) is 0 Å². The number of aromatic nitrogens is 3. The van der Waals surface area contributed by atoms with Crippen molar-refractivity contribution in [3.63, 3.8) is 0 Å². The van der Waals surface area contributed by atoms with Crippen LogP contribution < -0.4 is 10.6 Å². The summed E-state index contributed by atoms with van der Waals surface area (Å²) in [6, 6.07) is 0.249. The summed E-state index contributed by atoms with van der Waals surface area (Å²) < 4.78 is 7.05. The summed E-state index contributed by atoms with van der Waals surface area (Å²) in [5.41, 5.74) is -0.585. The average molecular weight is 464 g/mol. The first kappa shape index (κ1) is 20.4. The van der Waals surface area contributed by atoms with Crippen molar-refractivity contribution in [1.82, 2.24) is 25.4 Å². The second-order valence-corrected chi connectivity index (χ2v) is 6.80. The fourth-order valence-corrected chi connectivity index (χ4v) is 3.51. The smallest absolute Gasteiger partial charge is 0.191 e. The summed E-state index contributed by atoms with van der Waals surface area (Å²) >= 11 is 0. The molecule has 1 fully saturated rings. The minimum atomic E-state index is -0.585. The van der Waals surface area contributed by atoms with Gasteiger partial charge in [0.25, 0.3) is 0 Å². The molecule has 1 atom stereocenters. The van der Waals surface area contributed by atoms with Crippen LogP contribution in [0.5, 0.6) is 0 Å². The lowest BCUT2D eigenvalue weighted by molar-refractivity contribution is 0.0521. The maximum absolute atomic E-state index is 10.4. The molecule has 0 aromatic carbocycles. The van der Waals surface area contributed by atoms with Gasteiger partial charge in [-0.25, -0.2) is 9.67 Å². The molecule has 1 aromatic heterocycles. The standard InChI is InChI=1S/C16H28N6O2.HI/c1-17-15(18-11-16(23)7-3-4-8-16)19-12-5-6-14-20-13(10-24-2)21-22(14)9-12;/h12,23H,3-11H2,1-2H3,(H2,17,18,19);1H. The zero-order valence-electron chi connectivity index (χ0n) is 15.0. The Morgan fingerprint density at radius 3 is 2.88 bits per heavy atom. The van der Waals surface area contributed by atoms with Gasteiger partial charge in [-0.3, -0.25) is 4.99 Å². The first-order valence-electron chi connectivity index (χ1n) is 8.73. The molecule has 0 spiro atoms. The van der Waals surface area contributed by atoms with Crippen LogP contribution in [0.3, 0.4) is 0 Å². The lowest BCUT2D eigenvalue weighted by Crippen LogP contribution is -2.50. The number of rotatable bonds is 5. The lowest BCUT2D eigenvalue weighted by atomic mass is 10.0. The van der Waals surface area contributed by atoms with Gasteiger partial charge in [0.05, 0.1) is 12.1 Å². The number of aliphatic imine (C=N–C) groups is 1. The molecule has 0 saturated heterocycles. The van der Waals surface area contributed by atoms with Gasteiger partial charge in [0.1, 0.15) is 12.4 Å². The Labute approximate surface area is 165 Å². The lowest BCUT2D eigenvalue weighted by Gasteiger charge is -2.28. The number of aliphatic hydroxyl groups is 1. The zero-order chi connectivity index (χ0) is 17.0. The van der Waals surface area contributed by atoms with Crippen molar-refractivity contribution in [1.29, 1.82) is 0 Å². The number of hydrogen-bond donors (Lipinski definition) is 3. The summed E-state index contributed by atoms with van der Waals surface area (Å²) in [5.74, 6) is 2.49. The summed E-state index contributed by atoms with van der Waals surface area (Å²) in [6.07, 6.45) is 5.80. The topological polar surface area (TPSA) is 96.6 Å². The van der Waals surface area contributed by atoms with Crippen molar-refractivity contribution in [3.8, 4) is 0 Å². The van der Waals surface area contributed by atoms with Crippen LogP contribution >= 0.6 is 24.0 Å². The molecule has 0 amide bonds. The van der Waals surface area contributed by atoms with Crippen LogP contribution in [-0.4, -0.2) is 58.2 Å². The molecule has 3 rings (SSSR count). The highest BCUT2D eigenvalue weighted by Crippen LogP contribution is 2.28. The van der Waals surface area contributed by atoms with Gasteiger partial charge in [-0.1, -0.05) is 12.8 Å². The summed E-state index contributed by atoms with van der Waals surface area (Å²) in [7, 11) is 3.41. The van der Waals surface area contributed by atoms with Crippen molar-refractivity contribution in [2.45, 2.75) is 63.3 Å². The molecule has 1 aliphatic carbocycles. The van der Waals surface area contributed by atoms with Gasteiger partial charge < -0.3 is 20.5 Å². The number of ether oxygens (including phenoxy) is 1. The molecule has 1 aliphatic heterocycles. The van der Waals surface area contributed by atoms with E-state index in [9.17, 15) is 5.11 Å². The Kier molecular flexibility index (Phi) is 7.44. The number of methoxy groups -OCH3 is 1. The van der Waals surface area contributed by atoms with Crippen LogP contribution in [0.1, 0.15) is 43.8 Å². The van der Waals surface area contributed by atoms with E-state index in [0.717, 1.165) is 62.7 Å². The van der Waals surface area contributed by atoms with Gasteiger partial charge >= 0.3 is 0 Å². The van der Waals surface area contributed by atoms with E-state index in [4.69, 9.17) is 4.74 Å². The van der Waals surface area contributed by atoms with Crippen LogP contribution in [0.15, 0.2) is 4.99 Å². The van der Waals surface area contributed by atoms with E-state index < -0.39 is 5.60 Å². The molecular formula is C16H29IN6O2. The number of nitrogens with zero attached hydrogens (tertiary/aromatic N) is 4. The van der Waals surface area contributed by atoms with Gasteiger partial charge in [0.2, 0.25) is 0 Å². The molecule has 2 heterocycles. The second-order valence-electron chi connectivity index (χ2n) is 6.80. The third-order valence-electron chi connectivity index (χ3n) is 4.86. The maximum Gasteiger partial charge on any atom is 0.191 e. The van der Waals surface area contributed by atoms with E-state index in [-0.39, 0.29) is 30.0 Å². The second kappa shape index (κ2) is 9.13. The Bertz CT molecular complexity index is 585. The van der Waals surface area contributed by atoms with Crippen molar-refractivity contribution in [2.75, 3.05) is 20.7 Å². The minimum absolute atomic E-state index is 0. The quantitative estimate of drug-likeness (QED) is 0.340. The molecule has 2 aliphatic rings.